The number of thiophene rings is 1. The molecule has 0 aliphatic heterocycles. The van der Waals surface area contributed by atoms with Crippen molar-refractivity contribution in [1.29, 1.82) is 0 Å². The molecule has 49 heavy (non-hydrogen) atoms. The molecule has 0 spiro atoms. The Kier molecular flexibility index (Phi) is 18.1. The number of carbonyl (C=O) groups is 4. The monoisotopic (exact) mass is 871 g/mol. The molecule has 2 rings (SSSR count). The number of sulfonamides is 1. The number of benzene rings is 1. The first-order chi connectivity index (χ1) is 23.1. The standard InChI is InChI=1S/C30H43ClIN7O7S3/c1-17(2)6-11-20(39-49(44,45)25-13-12-24(31)48-25)26(40)37-22(15-18-7-9-19(32)10-8-18)27(41)38-23(16-47)28(42)36-21(29(43)46-3)5-4-14-35-30(33)34/h7-10,12-13,17,20-23,39,47H,4-6,11,14-16H2,1-3H3,(H,36,42)(H,37,40)(H,38,41)(H4,33,34,35)/t20-,21?,22-,23-/m0/s1. The van der Waals surface area contributed by atoms with E-state index in [1.54, 1.807) is 12.1 Å². The number of carbonyl (C=O) groups excluding carboxylic acids is 4. The van der Waals surface area contributed by atoms with Crippen LogP contribution < -0.4 is 32.1 Å². The fourth-order valence-corrected chi connectivity index (χ4v) is 7.75. The van der Waals surface area contributed by atoms with E-state index >= 15 is 0 Å². The fraction of sp³-hybridized carbons (Fsp3) is 0.500. The summed E-state index contributed by atoms with van der Waals surface area (Å²) in [7, 11) is -2.94. The molecule has 19 heteroatoms. The lowest BCUT2D eigenvalue weighted by molar-refractivity contribution is -0.145. The predicted octanol–water partition coefficient (Wildman–Crippen LogP) is 1.94. The van der Waals surface area contributed by atoms with Gasteiger partial charge in [-0.15, -0.1) is 11.3 Å². The molecule has 272 valence electrons. The van der Waals surface area contributed by atoms with Gasteiger partial charge in [-0.05, 0) is 84.0 Å². The van der Waals surface area contributed by atoms with Crippen molar-refractivity contribution in [3.8, 4) is 0 Å². The lowest BCUT2D eigenvalue weighted by atomic mass is 10.0. The number of hydrogen-bond donors (Lipinski definition) is 7. The summed E-state index contributed by atoms with van der Waals surface area (Å²) in [6.07, 6.45) is 1.18. The van der Waals surface area contributed by atoms with Gasteiger partial charge in [0.05, 0.1) is 11.4 Å². The van der Waals surface area contributed by atoms with Crippen molar-refractivity contribution >= 4 is 97.8 Å². The molecule has 0 bridgehead atoms. The largest absolute Gasteiger partial charge is 0.467 e. The molecular formula is C30H43ClIN7O7S3. The van der Waals surface area contributed by atoms with Gasteiger partial charge in [-0.1, -0.05) is 37.6 Å². The average molecular weight is 872 g/mol. The van der Waals surface area contributed by atoms with Gasteiger partial charge in [0.15, 0.2) is 5.96 Å². The summed E-state index contributed by atoms with van der Waals surface area (Å²) in [6, 6.07) is 5.34. The molecule has 0 radical (unpaired) electrons. The summed E-state index contributed by atoms with van der Waals surface area (Å²) in [6.45, 7) is 4.09. The van der Waals surface area contributed by atoms with Crippen LogP contribution in [-0.4, -0.2) is 81.6 Å². The van der Waals surface area contributed by atoms with E-state index in [2.05, 4.69) is 60.9 Å². The number of methoxy groups -OCH3 is 1. The first kappa shape index (κ1) is 42.5. The first-order valence-electron chi connectivity index (χ1n) is 15.2. The van der Waals surface area contributed by atoms with Gasteiger partial charge in [-0.2, -0.15) is 17.4 Å². The third-order valence-electron chi connectivity index (χ3n) is 7.01. The Morgan fingerprint density at radius 2 is 1.51 bits per heavy atom. The number of nitrogens with one attached hydrogen (secondary N) is 4. The Bertz CT molecular complexity index is 1550. The number of amides is 3. The number of guanidine groups is 1. The molecule has 8 N–H and O–H groups in total. The van der Waals surface area contributed by atoms with Crippen molar-refractivity contribution in [3.05, 3.63) is 49.9 Å². The summed E-state index contributed by atoms with van der Waals surface area (Å²) < 4.78 is 34.8. The molecule has 0 fully saturated rings. The van der Waals surface area contributed by atoms with Gasteiger partial charge in [0, 0.05) is 22.3 Å². The SMILES string of the molecule is COC(=O)C(CCCN=C(N)N)NC(=O)[C@H](CS)NC(=O)[C@H](Cc1ccc(I)cc1)NC(=O)[C@H](CCC(C)C)NS(=O)(=O)c1ccc(Cl)s1. The Labute approximate surface area is 314 Å². The Morgan fingerprint density at radius 1 is 0.918 bits per heavy atom. The van der Waals surface area contributed by atoms with E-state index in [0.29, 0.717) is 18.4 Å². The van der Waals surface area contributed by atoms with Crippen LogP contribution in [0.1, 0.15) is 45.1 Å². The third kappa shape index (κ3) is 15.0. The van der Waals surface area contributed by atoms with Gasteiger partial charge in [0.2, 0.25) is 17.7 Å². The lowest BCUT2D eigenvalue weighted by Crippen LogP contribution is -2.58. The van der Waals surface area contributed by atoms with Crippen molar-refractivity contribution in [2.24, 2.45) is 22.4 Å². The number of esters is 1. The molecule has 14 nitrogen and oxygen atoms in total. The Balaban J connectivity index is 2.30. The van der Waals surface area contributed by atoms with Crippen LogP contribution in [0.4, 0.5) is 0 Å². The van der Waals surface area contributed by atoms with Crippen LogP contribution in [0.5, 0.6) is 0 Å². The van der Waals surface area contributed by atoms with E-state index in [4.69, 9.17) is 27.8 Å². The quantitative estimate of drug-likeness (QED) is 0.0258. The average Bonchev–Trinajstić information content (AvgIpc) is 3.50. The van der Waals surface area contributed by atoms with E-state index in [1.807, 2.05) is 26.0 Å². The van der Waals surface area contributed by atoms with Crippen molar-refractivity contribution < 1.29 is 32.3 Å². The van der Waals surface area contributed by atoms with Crippen LogP contribution in [0.3, 0.4) is 0 Å². The molecule has 0 aliphatic rings. The molecule has 0 saturated carbocycles. The molecular weight excluding hydrogens is 829 g/mol. The molecule has 4 atom stereocenters. The lowest BCUT2D eigenvalue weighted by Gasteiger charge is -2.26. The van der Waals surface area contributed by atoms with Crippen LogP contribution in [0, 0.1) is 9.49 Å². The number of ether oxygens (including phenoxy) is 1. The smallest absolute Gasteiger partial charge is 0.328 e. The molecule has 3 amide bonds. The second kappa shape index (κ2) is 20.9. The Morgan fingerprint density at radius 3 is 2.06 bits per heavy atom. The Hall–Kier alpha value is -2.65. The van der Waals surface area contributed by atoms with Crippen LogP contribution in [-0.2, 0) is 40.4 Å². The van der Waals surface area contributed by atoms with E-state index in [0.717, 1.165) is 14.9 Å². The topological polar surface area (TPSA) is 224 Å². The van der Waals surface area contributed by atoms with E-state index in [1.165, 1.54) is 19.2 Å². The normalized spacial score (nSPS) is 13.9. The highest BCUT2D eigenvalue weighted by atomic mass is 127. The molecule has 1 unspecified atom stereocenters. The highest BCUT2D eigenvalue weighted by Crippen LogP contribution is 2.26. The molecule has 2 aromatic rings. The zero-order valence-corrected chi connectivity index (χ0v) is 32.7. The van der Waals surface area contributed by atoms with Gasteiger partial charge in [-0.3, -0.25) is 19.4 Å². The first-order valence-corrected chi connectivity index (χ1v) is 19.6. The molecule has 0 aliphatic carbocycles. The second-order valence-corrected chi connectivity index (χ2v) is 16.6. The van der Waals surface area contributed by atoms with E-state index in [9.17, 15) is 27.6 Å². The minimum absolute atomic E-state index is 0.0230. The molecule has 0 saturated heterocycles. The summed E-state index contributed by atoms with van der Waals surface area (Å²) in [5.74, 6) is -2.97. The molecule has 1 aromatic heterocycles. The predicted molar refractivity (Wildman–Crippen MR) is 202 cm³/mol. The van der Waals surface area contributed by atoms with Gasteiger partial charge < -0.3 is 32.2 Å². The zero-order chi connectivity index (χ0) is 36.7. The molecule has 1 heterocycles. The number of rotatable bonds is 20. The highest BCUT2D eigenvalue weighted by Gasteiger charge is 2.33. The number of hydrogen-bond acceptors (Lipinski definition) is 10. The fourth-order valence-electron chi connectivity index (χ4n) is 4.40. The van der Waals surface area contributed by atoms with E-state index < -0.39 is 57.9 Å². The minimum atomic E-state index is -4.12. The van der Waals surface area contributed by atoms with Gasteiger partial charge in [-0.25, -0.2) is 13.2 Å². The third-order valence-corrected chi connectivity index (χ3v) is 11.3. The van der Waals surface area contributed by atoms with Crippen LogP contribution in [0.25, 0.3) is 0 Å². The van der Waals surface area contributed by atoms with Gasteiger partial charge in [0.25, 0.3) is 10.0 Å². The van der Waals surface area contributed by atoms with E-state index in [-0.39, 0.29) is 52.0 Å². The minimum Gasteiger partial charge on any atom is -0.467 e. The summed E-state index contributed by atoms with van der Waals surface area (Å²) >= 11 is 13.2. The number of aliphatic imine (C=N–C) groups is 1. The summed E-state index contributed by atoms with van der Waals surface area (Å²) in [5, 5.41) is 7.88. The maximum atomic E-state index is 13.7. The maximum Gasteiger partial charge on any atom is 0.328 e. The van der Waals surface area contributed by atoms with Gasteiger partial charge >= 0.3 is 5.97 Å². The highest BCUT2D eigenvalue weighted by molar-refractivity contribution is 14.1. The van der Waals surface area contributed by atoms with Crippen LogP contribution in [0.2, 0.25) is 4.34 Å². The second-order valence-electron chi connectivity index (χ2n) is 11.4. The van der Waals surface area contributed by atoms with Crippen molar-refractivity contribution in [2.75, 3.05) is 19.4 Å². The number of nitrogens with zero attached hydrogens (tertiary/aromatic N) is 1. The summed E-state index contributed by atoms with van der Waals surface area (Å²) in [5.41, 5.74) is 11.4. The number of thiol groups is 1. The molecule has 1 aromatic carbocycles. The van der Waals surface area contributed by atoms with Crippen LogP contribution >= 0.6 is 58.2 Å². The van der Waals surface area contributed by atoms with Crippen molar-refractivity contribution in [2.45, 2.75) is 74.3 Å². The number of halogens is 2. The van der Waals surface area contributed by atoms with Crippen LogP contribution in [0.15, 0.2) is 45.6 Å². The number of nitrogens with two attached hydrogens (primary N) is 2. The summed E-state index contributed by atoms with van der Waals surface area (Å²) in [4.78, 5) is 57.0. The maximum absolute atomic E-state index is 13.7. The van der Waals surface area contributed by atoms with Crippen molar-refractivity contribution in [1.82, 2.24) is 20.7 Å². The van der Waals surface area contributed by atoms with Crippen molar-refractivity contribution in [3.63, 3.8) is 0 Å². The van der Waals surface area contributed by atoms with Gasteiger partial charge in [0.1, 0.15) is 28.4 Å². The zero-order valence-electron chi connectivity index (χ0n) is 27.3.